The number of methoxy groups -OCH3 is 1. The van der Waals surface area contributed by atoms with Crippen molar-refractivity contribution >= 4 is 17.3 Å². The lowest BCUT2D eigenvalue weighted by Crippen LogP contribution is -2.11. The van der Waals surface area contributed by atoms with Crippen molar-refractivity contribution in [2.45, 2.75) is 39.7 Å². The quantitative estimate of drug-likeness (QED) is 0.757. The van der Waals surface area contributed by atoms with E-state index in [0.717, 1.165) is 11.3 Å². The van der Waals surface area contributed by atoms with Crippen molar-refractivity contribution in [2.24, 2.45) is 0 Å². The van der Waals surface area contributed by atoms with E-state index in [9.17, 15) is 0 Å². The fraction of sp³-hybridized carbons (Fsp3) is 0.500. The molecule has 0 amide bonds. The number of hydrogen-bond acceptors (Lipinski definition) is 3. The molecule has 1 aromatic rings. The van der Waals surface area contributed by atoms with E-state index in [1.165, 1.54) is 5.56 Å². The first-order valence-electron chi connectivity index (χ1n) is 5.84. The van der Waals surface area contributed by atoms with Crippen LogP contribution in [0, 0.1) is 0 Å². The summed E-state index contributed by atoms with van der Waals surface area (Å²) in [5.74, 6) is 1.25. The average Bonchev–Trinajstić information content (AvgIpc) is 2.27. The van der Waals surface area contributed by atoms with E-state index in [1.54, 1.807) is 7.11 Å². The van der Waals surface area contributed by atoms with Crippen molar-refractivity contribution in [1.82, 2.24) is 0 Å². The lowest BCUT2D eigenvalue weighted by Gasteiger charge is -2.15. The van der Waals surface area contributed by atoms with Gasteiger partial charge in [0.05, 0.1) is 18.8 Å². The molecule has 3 heteroatoms. The minimum absolute atomic E-state index is 0.0805. The standard InChI is InChI=1S/C14H20O2S/c1-9(2)11-6-7-12(13(8-11)15-5)14(17)16-10(3)4/h6-10H,1-5H3. The Hall–Kier alpha value is -1.09. The van der Waals surface area contributed by atoms with E-state index in [1.807, 2.05) is 26.0 Å². The van der Waals surface area contributed by atoms with Crippen LogP contribution in [0.2, 0.25) is 0 Å². The summed E-state index contributed by atoms with van der Waals surface area (Å²) in [6.07, 6.45) is 0.0805. The molecule has 0 radical (unpaired) electrons. The summed E-state index contributed by atoms with van der Waals surface area (Å²) >= 11 is 5.26. The van der Waals surface area contributed by atoms with Crippen LogP contribution >= 0.6 is 12.2 Å². The van der Waals surface area contributed by atoms with Crippen molar-refractivity contribution in [2.75, 3.05) is 7.11 Å². The molecule has 0 heterocycles. The lowest BCUT2D eigenvalue weighted by atomic mass is 10.0. The molecular formula is C14H20O2S. The van der Waals surface area contributed by atoms with E-state index in [4.69, 9.17) is 21.7 Å². The Labute approximate surface area is 109 Å². The highest BCUT2D eigenvalue weighted by Crippen LogP contribution is 2.26. The first kappa shape index (κ1) is 14.0. The van der Waals surface area contributed by atoms with Gasteiger partial charge >= 0.3 is 0 Å². The van der Waals surface area contributed by atoms with Gasteiger partial charge in [-0.05, 0) is 49.7 Å². The summed E-state index contributed by atoms with van der Waals surface area (Å²) in [4.78, 5) is 0. The van der Waals surface area contributed by atoms with Gasteiger partial charge in [0.25, 0.3) is 0 Å². The summed E-state index contributed by atoms with van der Waals surface area (Å²) in [5.41, 5.74) is 2.08. The second-order valence-corrected chi connectivity index (χ2v) is 4.94. The third-order valence-corrected chi connectivity index (χ3v) is 2.77. The molecule has 0 spiro atoms. The molecule has 17 heavy (non-hydrogen) atoms. The molecule has 1 aromatic carbocycles. The Morgan fingerprint density at radius 3 is 2.29 bits per heavy atom. The minimum atomic E-state index is 0.0805. The average molecular weight is 252 g/mol. The zero-order valence-corrected chi connectivity index (χ0v) is 11.9. The van der Waals surface area contributed by atoms with E-state index in [-0.39, 0.29) is 6.10 Å². The van der Waals surface area contributed by atoms with E-state index in [2.05, 4.69) is 19.9 Å². The summed E-state index contributed by atoms with van der Waals surface area (Å²) in [7, 11) is 1.65. The fourth-order valence-electron chi connectivity index (χ4n) is 1.51. The largest absolute Gasteiger partial charge is 0.496 e. The second-order valence-electron chi connectivity index (χ2n) is 4.57. The third-order valence-electron chi connectivity index (χ3n) is 2.45. The number of ether oxygens (including phenoxy) is 2. The molecular weight excluding hydrogens is 232 g/mol. The number of benzene rings is 1. The van der Waals surface area contributed by atoms with Gasteiger partial charge in [0.1, 0.15) is 5.75 Å². The topological polar surface area (TPSA) is 18.5 Å². The van der Waals surface area contributed by atoms with Crippen molar-refractivity contribution in [3.05, 3.63) is 29.3 Å². The molecule has 0 aromatic heterocycles. The van der Waals surface area contributed by atoms with Crippen LogP contribution in [0.25, 0.3) is 0 Å². The van der Waals surface area contributed by atoms with Crippen molar-refractivity contribution < 1.29 is 9.47 Å². The summed E-state index contributed by atoms with van der Waals surface area (Å²) < 4.78 is 10.9. The Balaban J connectivity index is 3.04. The molecule has 0 saturated carbocycles. The SMILES string of the molecule is COc1cc(C(C)C)ccc1C(=S)OC(C)C. The third kappa shape index (κ3) is 3.70. The van der Waals surface area contributed by atoms with E-state index >= 15 is 0 Å². The molecule has 1 rings (SSSR count). The zero-order valence-electron chi connectivity index (χ0n) is 11.1. The van der Waals surface area contributed by atoms with Crippen molar-refractivity contribution in [3.8, 4) is 5.75 Å². The summed E-state index contributed by atoms with van der Waals surface area (Å²) in [5, 5.41) is 0.493. The van der Waals surface area contributed by atoms with Gasteiger partial charge < -0.3 is 9.47 Å². The van der Waals surface area contributed by atoms with Crippen LogP contribution in [0.1, 0.15) is 44.7 Å². The number of thiocarbonyl (C=S) groups is 1. The Morgan fingerprint density at radius 1 is 1.18 bits per heavy atom. The van der Waals surface area contributed by atoms with Crippen LogP contribution in [0.3, 0.4) is 0 Å². The van der Waals surface area contributed by atoms with Gasteiger partial charge in [-0.2, -0.15) is 0 Å². The van der Waals surface area contributed by atoms with E-state index < -0.39 is 0 Å². The van der Waals surface area contributed by atoms with Gasteiger partial charge in [0.15, 0.2) is 5.05 Å². The maximum atomic E-state index is 5.53. The Morgan fingerprint density at radius 2 is 1.82 bits per heavy atom. The first-order chi connectivity index (χ1) is 7.95. The van der Waals surface area contributed by atoms with Crippen LogP contribution in [0.15, 0.2) is 18.2 Å². The summed E-state index contributed by atoms with van der Waals surface area (Å²) in [6.45, 7) is 8.22. The van der Waals surface area contributed by atoms with Crippen LogP contribution in [-0.4, -0.2) is 18.3 Å². The van der Waals surface area contributed by atoms with Crippen LogP contribution in [-0.2, 0) is 4.74 Å². The van der Waals surface area contributed by atoms with Gasteiger partial charge in [-0.1, -0.05) is 19.9 Å². The molecule has 0 fully saturated rings. The Bertz CT molecular complexity index is 397. The highest BCUT2D eigenvalue weighted by atomic mass is 32.1. The monoisotopic (exact) mass is 252 g/mol. The molecule has 2 nitrogen and oxygen atoms in total. The highest BCUT2D eigenvalue weighted by molar-refractivity contribution is 7.80. The van der Waals surface area contributed by atoms with Gasteiger partial charge in [-0.15, -0.1) is 0 Å². The van der Waals surface area contributed by atoms with Gasteiger partial charge in [0.2, 0.25) is 0 Å². The predicted octanol–water partition coefficient (Wildman–Crippen LogP) is 3.92. The smallest absolute Gasteiger partial charge is 0.195 e. The normalized spacial score (nSPS) is 10.8. The van der Waals surface area contributed by atoms with Gasteiger partial charge in [-0.25, -0.2) is 0 Å². The molecule has 94 valence electrons. The molecule has 0 aliphatic heterocycles. The van der Waals surface area contributed by atoms with E-state index in [0.29, 0.717) is 11.0 Å². The molecule has 0 unspecified atom stereocenters. The highest BCUT2D eigenvalue weighted by Gasteiger charge is 2.12. The lowest BCUT2D eigenvalue weighted by molar-refractivity contribution is 0.235. The van der Waals surface area contributed by atoms with Crippen molar-refractivity contribution in [1.29, 1.82) is 0 Å². The van der Waals surface area contributed by atoms with Crippen LogP contribution in [0.5, 0.6) is 5.75 Å². The minimum Gasteiger partial charge on any atom is -0.496 e. The van der Waals surface area contributed by atoms with Gasteiger partial charge in [0, 0.05) is 0 Å². The molecule has 0 aliphatic carbocycles. The first-order valence-corrected chi connectivity index (χ1v) is 6.25. The molecule has 0 aliphatic rings. The molecule has 0 bridgehead atoms. The fourth-order valence-corrected chi connectivity index (χ4v) is 1.87. The number of hydrogen-bond donors (Lipinski definition) is 0. The molecule has 0 atom stereocenters. The number of rotatable bonds is 4. The van der Waals surface area contributed by atoms with Crippen LogP contribution < -0.4 is 4.74 Å². The predicted molar refractivity (Wildman–Crippen MR) is 75.0 cm³/mol. The van der Waals surface area contributed by atoms with Gasteiger partial charge in [-0.3, -0.25) is 0 Å². The van der Waals surface area contributed by atoms with Crippen molar-refractivity contribution in [3.63, 3.8) is 0 Å². The summed E-state index contributed by atoms with van der Waals surface area (Å²) in [6, 6.07) is 6.06. The van der Waals surface area contributed by atoms with Crippen LogP contribution in [0.4, 0.5) is 0 Å². The molecule has 0 N–H and O–H groups in total. The second kappa shape index (κ2) is 6.01. The maximum Gasteiger partial charge on any atom is 0.195 e. The Kier molecular flexibility index (Phi) is 4.94. The maximum absolute atomic E-state index is 5.53. The zero-order chi connectivity index (χ0) is 13.0. The molecule has 0 saturated heterocycles.